The van der Waals surface area contributed by atoms with Crippen LogP contribution in [0.25, 0.3) is 6.08 Å². The number of anilines is 1. The van der Waals surface area contributed by atoms with Gasteiger partial charge in [0.1, 0.15) is 11.6 Å². The van der Waals surface area contributed by atoms with Gasteiger partial charge in [-0.25, -0.2) is 4.98 Å². The minimum atomic E-state index is -0.113. The smallest absolute Gasteiger partial charge is 0.246 e. The third kappa shape index (κ3) is 6.15. The summed E-state index contributed by atoms with van der Waals surface area (Å²) in [5, 5.41) is 5.82. The first-order valence-corrected chi connectivity index (χ1v) is 10.5. The summed E-state index contributed by atoms with van der Waals surface area (Å²) in [5.74, 6) is 1.61. The average molecular weight is 423 g/mol. The van der Waals surface area contributed by atoms with Crippen molar-refractivity contribution in [2.45, 2.75) is 33.9 Å². The van der Waals surface area contributed by atoms with Crippen LogP contribution in [0.2, 0.25) is 0 Å². The molecule has 31 heavy (non-hydrogen) atoms. The molecule has 7 nitrogen and oxygen atoms in total. The second-order valence-electron chi connectivity index (χ2n) is 8.22. The second-order valence-corrected chi connectivity index (χ2v) is 8.22. The number of aryl methyl sites for hydroxylation is 1. The van der Waals surface area contributed by atoms with E-state index < -0.39 is 0 Å². The van der Waals surface area contributed by atoms with Crippen molar-refractivity contribution in [3.8, 4) is 5.75 Å². The van der Waals surface area contributed by atoms with Crippen molar-refractivity contribution in [1.29, 1.82) is 0 Å². The number of pyridine rings is 1. The number of para-hydroxylation sites is 1. The number of aromatic nitrogens is 1. The van der Waals surface area contributed by atoms with E-state index in [0.717, 1.165) is 28.0 Å². The van der Waals surface area contributed by atoms with Crippen molar-refractivity contribution in [2.75, 3.05) is 25.5 Å². The van der Waals surface area contributed by atoms with Crippen LogP contribution in [0.1, 0.15) is 36.1 Å². The molecule has 1 aromatic carbocycles. The molecule has 0 fully saturated rings. The number of fused-ring (bicyclic) bond motifs is 1. The molecule has 1 aliphatic heterocycles. The molecule has 0 aliphatic carbocycles. The van der Waals surface area contributed by atoms with Crippen molar-refractivity contribution in [3.05, 3.63) is 58.8 Å². The monoisotopic (exact) mass is 422 g/mol. The Labute approximate surface area is 183 Å². The Morgan fingerprint density at radius 1 is 1.32 bits per heavy atom. The van der Waals surface area contributed by atoms with Gasteiger partial charge >= 0.3 is 0 Å². The van der Waals surface area contributed by atoms with E-state index in [1.165, 1.54) is 6.08 Å². The van der Waals surface area contributed by atoms with Gasteiger partial charge in [-0.3, -0.25) is 9.59 Å². The van der Waals surface area contributed by atoms with Crippen LogP contribution in [-0.4, -0.2) is 41.9 Å². The molecule has 2 aromatic rings. The van der Waals surface area contributed by atoms with Crippen LogP contribution in [0.3, 0.4) is 0 Å². The first-order valence-electron chi connectivity index (χ1n) is 10.5. The second kappa shape index (κ2) is 10.2. The van der Waals surface area contributed by atoms with Gasteiger partial charge in [-0.05, 0) is 36.1 Å². The largest absolute Gasteiger partial charge is 0.493 e. The zero-order valence-electron chi connectivity index (χ0n) is 18.6. The fourth-order valence-corrected chi connectivity index (χ4v) is 3.28. The molecular formula is C24H30N4O3. The Balaban J connectivity index is 1.68. The van der Waals surface area contributed by atoms with E-state index in [2.05, 4.69) is 29.5 Å². The van der Waals surface area contributed by atoms with Crippen LogP contribution in [0.5, 0.6) is 5.75 Å². The van der Waals surface area contributed by atoms with E-state index in [4.69, 9.17) is 4.74 Å². The highest BCUT2D eigenvalue weighted by molar-refractivity contribution is 5.93. The molecule has 1 aromatic heterocycles. The van der Waals surface area contributed by atoms with Gasteiger partial charge in [0.05, 0.1) is 13.2 Å². The standard InChI is InChI=1S/C24H30N4O3/c1-16(2)15-31-23-17(3)6-5-7-19(23)14-28(4)22(30)9-8-18-10-20-12-25-13-21(29)27-24(20)26-11-18/h5-11,16,25H,12-15H2,1-4H3,(H,26,27,29)/b9-8+. The predicted molar refractivity (Wildman–Crippen MR) is 122 cm³/mol. The van der Waals surface area contributed by atoms with Gasteiger partial charge in [0.15, 0.2) is 0 Å². The summed E-state index contributed by atoms with van der Waals surface area (Å²) < 4.78 is 6.01. The summed E-state index contributed by atoms with van der Waals surface area (Å²) in [6.45, 7) is 8.13. The quantitative estimate of drug-likeness (QED) is 0.670. The lowest BCUT2D eigenvalue weighted by atomic mass is 10.1. The van der Waals surface area contributed by atoms with Crippen molar-refractivity contribution >= 4 is 23.7 Å². The van der Waals surface area contributed by atoms with E-state index in [1.54, 1.807) is 24.2 Å². The summed E-state index contributed by atoms with van der Waals surface area (Å²) >= 11 is 0. The highest BCUT2D eigenvalue weighted by atomic mass is 16.5. The lowest BCUT2D eigenvalue weighted by Gasteiger charge is -2.20. The number of benzene rings is 1. The molecule has 0 radical (unpaired) electrons. The van der Waals surface area contributed by atoms with Gasteiger partial charge in [-0.2, -0.15) is 0 Å². The minimum absolute atomic E-state index is 0.112. The summed E-state index contributed by atoms with van der Waals surface area (Å²) in [4.78, 5) is 30.3. The molecule has 1 aliphatic rings. The zero-order chi connectivity index (χ0) is 22.4. The summed E-state index contributed by atoms with van der Waals surface area (Å²) in [6.07, 6.45) is 4.93. The van der Waals surface area contributed by atoms with Gasteiger partial charge in [-0.1, -0.05) is 32.0 Å². The minimum Gasteiger partial charge on any atom is -0.493 e. The van der Waals surface area contributed by atoms with Crippen LogP contribution in [0, 0.1) is 12.8 Å². The SMILES string of the molecule is Cc1cccc(CN(C)C(=O)/C=C/c2cnc3c(c2)CNCC(=O)N3)c1OCC(C)C. The number of amides is 2. The summed E-state index contributed by atoms with van der Waals surface area (Å²) in [6, 6.07) is 7.91. The molecule has 2 heterocycles. The molecule has 0 bridgehead atoms. The number of nitrogens with zero attached hydrogens (tertiary/aromatic N) is 2. The lowest BCUT2D eigenvalue weighted by Crippen LogP contribution is -2.24. The van der Waals surface area contributed by atoms with Crippen LogP contribution in [0.4, 0.5) is 5.82 Å². The van der Waals surface area contributed by atoms with Gasteiger partial charge in [0, 0.05) is 43.5 Å². The van der Waals surface area contributed by atoms with E-state index >= 15 is 0 Å². The Morgan fingerprint density at radius 3 is 2.90 bits per heavy atom. The molecule has 2 N–H and O–H groups in total. The number of carbonyl (C=O) groups excluding carboxylic acids is 2. The predicted octanol–water partition coefficient (Wildman–Crippen LogP) is 3.14. The maximum atomic E-state index is 12.7. The molecule has 2 amide bonds. The van der Waals surface area contributed by atoms with Crippen LogP contribution >= 0.6 is 0 Å². The zero-order valence-corrected chi connectivity index (χ0v) is 18.6. The van der Waals surface area contributed by atoms with Crippen LogP contribution < -0.4 is 15.4 Å². The third-order valence-corrected chi connectivity index (χ3v) is 4.90. The molecule has 0 spiro atoms. The number of ether oxygens (including phenoxy) is 1. The Kier molecular flexibility index (Phi) is 7.41. The maximum absolute atomic E-state index is 12.7. The topological polar surface area (TPSA) is 83.6 Å². The highest BCUT2D eigenvalue weighted by Crippen LogP contribution is 2.25. The lowest BCUT2D eigenvalue weighted by molar-refractivity contribution is -0.125. The molecule has 164 valence electrons. The number of rotatable bonds is 7. The molecule has 7 heteroatoms. The first-order chi connectivity index (χ1) is 14.8. The normalized spacial score (nSPS) is 13.6. The number of nitrogens with one attached hydrogen (secondary N) is 2. The number of hydrogen-bond donors (Lipinski definition) is 2. The Bertz CT molecular complexity index is 985. The van der Waals surface area contributed by atoms with Crippen molar-refractivity contribution < 1.29 is 14.3 Å². The Morgan fingerprint density at radius 2 is 2.13 bits per heavy atom. The summed E-state index contributed by atoms with van der Waals surface area (Å²) in [5.41, 5.74) is 3.74. The van der Waals surface area contributed by atoms with Crippen molar-refractivity contribution in [2.24, 2.45) is 5.92 Å². The Hall–Kier alpha value is -3.19. The van der Waals surface area contributed by atoms with Crippen LogP contribution in [0.15, 0.2) is 36.5 Å². The van der Waals surface area contributed by atoms with E-state index in [1.807, 2.05) is 31.2 Å². The number of likely N-dealkylation sites (N-methyl/N-ethyl adjacent to an activating group) is 1. The van der Waals surface area contributed by atoms with E-state index in [-0.39, 0.29) is 18.4 Å². The molecule has 0 saturated carbocycles. The average Bonchev–Trinajstić information content (AvgIpc) is 2.91. The highest BCUT2D eigenvalue weighted by Gasteiger charge is 2.15. The van der Waals surface area contributed by atoms with Crippen molar-refractivity contribution in [1.82, 2.24) is 15.2 Å². The van der Waals surface area contributed by atoms with E-state index in [0.29, 0.717) is 31.4 Å². The molecular weight excluding hydrogens is 392 g/mol. The number of hydrogen-bond acceptors (Lipinski definition) is 5. The van der Waals surface area contributed by atoms with Gasteiger partial charge < -0.3 is 20.3 Å². The number of carbonyl (C=O) groups is 2. The third-order valence-electron chi connectivity index (χ3n) is 4.90. The molecule has 0 unspecified atom stereocenters. The summed E-state index contributed by atoms with van der Waals surface area (Å²) in [7, 11) is 1.77. The van der Waals surface area contributed by atoms with E-state index in [9.17, 15) is 9.59 Å². The molecule has 3 rings (SSSR count). The fraction of sp³-hybridized carbons (Fsp3) is 0.375. The van der Waals surface area contributed by atoms with Gasteiger partial charge in [0.25, 0.3) is 0 Å². The van der Waals surface area contributed by atoms with Gasteiger partial charge in [-0.15, -0.1) is 0 Å². The van der Waals surface area contributed by atoms with Gasteiger partial charge in [0.2, 0.25) is 11.8 Å². The van der Waals surface area contributed by atoms with Crippen molar-refractivity contribution in [3.63, 3.8) is 0 Å². The molecule has 0 saturated heterocycles. The molecule has 0 atom stereocenters. The van der Waals surface area contributed by atoms with Crippen LogP contribution in [-0.2, 0) is 22.7 Å². The fourth-order valence-electron chi connectivity index (χ4n) is 3.28. The first kappa shape index (κ1) is 22.5. The maximum Gasteiger partial charge on any atom is 0.246 e.